The van der Waals surface area contributed by atoms with Gasteiger partial charge in [-0.25, -0.2) is 4.57 Å². The van der Waals surface area contributed by atoms with E-state index in [1.54, 1.807) is 0 Å². The van der Waals surface area contributed by atoms with Gasteiger partial charge < -0.3 is 25.2 Å². The van der Waals surface area contributed by atoms with Crippen molar-refractivity contribution in [1.82, 2.24) is 0 Å². The van der Waals surface area contributed by atoms with Crippen LogP contribution < -0.4 is 10.5 Å². The molecule has 0 radical (unpaired) electrons. The first-order chi connectivity index (χ1) is 17.7. The molecule has 1 rings (SSSR count). The number of aliphatic carboxylic acids is 1. The Hall–Kier alpha value is -1.97. The van der Waals surface area contributed by atoms with Crippen molar-refractivity contribution in [2.45, 2.75) is 90.0 Å². The Labute approximate surface area is 220 Å². The summed E-state index contributed by atoms with van der Waals surface area (Å²) in [5, 5.41) is 8.64. The average molecular weight is 546 g/mol. The van der Waals surface area contributed by atoms with Crippen LogP contribution >= 0.6 is 7.82 Å². The molecule has 11 heteroatoms. The number of benzene rings is 1. The summed E-state index contributed by atoms with van der Waals surface area (Å²) in [6.45, 7) is 2.01. The maximum Gasteiger partial charge on any atom is 0.472 e. The fourth-order valence-electron chi connectivity index (χ4n) is 3.46. The highest BCUT2D eigenvalue weighted by molar-refractivity contribution is 7.47. The Kier molecular flexibility index (Phi) is 17.9. The van der Waals surface area contributed by atoms with Crippen LogP contribution in [0.15, 0.2) is 24.3 Å². The molecule has 212 valence electrons. The number of carbonyl (C=O) groups is 2. The van der Waals surface area contributed by atoms with Crippen LogP contribution in [0.3, 0.4) is 0 Å². The topological polar surface area (TPSA) is 155 Å². The molecule has 10 nitrogen and oxygen atoms in total. The molecule has 0 spiro atoms. The van der Waals surface area contributed by atoms with Crippen molar-refractivity contribution in [3.05, 3.63) is 29.8 Å². The first-order valence-electron chi connectivity index (χ1n) is 13.2. The molecule has 0 aliphatic carbocycles. The van der Waals surface area contributed by atoms with Crippen LogP contribution in [0.2, 0.25) is 0 Å². The zero-order valence-electron chi connectivity index (χ0n) is 22.0. The van der Waals surface area contributed by atoms with Crippen molar-refractivity contribution in [1.29, 1.82) is 0 Å². The number of unbranched alkanes of at least 4 members (excludes halogenated alkanes) is 8. The maximum absolute atomic E-state index is 12.1. The molecule has 2 atom stereocenters. The van der Waals surface area contributed by atoms with Gasteiger partial charge in [-0.3, -0.25) is 18.6 Å². The summed E-state index contributed by atoms with van der Waals surface area (Å²) in [5.74, 6) is -0.978. The Morgan fingerprint density at radius 3 is 2.24 bits per heavy atom. The molecule has 37 heavy (non-hydrogen) atoms. The van der Waals surface area contributed by atoms with Crippen molar-refractivity contribution < 1.29 is 42.7 Å². The van der Waals surface area contributed by atoms with Crippen LogP contribution in [0.4, 0.5) is 0 Å². The van der Waals surface area contributed by atoms with Crippen LogP contribution in [-0.4, -0.2) is 54.4 Å². The van der Waals surface area contributed by atoms with Crippen molar-refractivity contribution in [3.63, 3.8) is 0 Å². The van der Waals surface area contributed by atoms with E-state index >= 15 is 0 Å². The summed E-state index contributed by atoms with van der Waals surface area (Å²) >= 11 is 0. The maximum atomic E-state index is 12.1. The third-order valence-electron chi connectivity index (χ3n) is 5.62. The molecule has 1 unspecified atom stereocenters. The van der Waals surface area contributed by atoms with Gasteiger partial charge in [-0.2, -0.15) is 0 Å². The van der Waals surface area contributed by atoms with Gasteiger partial charge in [0, 0.05) is 12.8 Å². The predicted octanol–water partition coefficient (Wildman–Crippen LogP) is 5.01. The van der Waals surface area contributed by atoms with Crippen molar-refractivity contribution in [2.24, 2.45) is 5.73 Å². The molecule has 0 aliphatic rings. The number of carboxylic acids is 1. The van der Waals surface area contributed by atoms with Crippen LogP contribution in [0.25, 0.3) is 0 Å². The molecular formula is C26H44NO9P. The number of carbonyl (C=O) groups excluding carboxylic acids is 1. The SMILES string of the molecule is CCCCCCCCCCCOc1ccccc1CCC(=O)OCCCOP(=O)(O)OC[C@H](N)C(=O)O. The standard InChI is InChI=1S/C26H44NO9P/c1-2-3-4-5-6-7-8-9-12-18-33-24-15-11-10-14-22(24)16-17-25(28)34-19-13-20-35-37(31,32)36-21-23(27)26(29)30/h10-11,14-15,23H,2-9,12-13,16-21,27H2,1H3,(H,29,30)(H,31,32)/t23-/m0/s1. The average Bonchev–Trinajstić information content (AvgIpc) is 2.87. The van der Waals surface area contributed by atoms with Crippen LogP contribution in [0.1, 0.15) is 83.1 Å². The number of hydrogen-bond acceptors (Lipinski definition) is 8. The van der Waals surface area contributed by atoms with Crippen molar-refractivity contribution >= 4 is 19.8 Å². The fraction of sp³-hybridized carbons (Fsp3) is 0.692. The smallest absolute Gasteiger partial charge is 0.472 e. The van der Waals surface area contributed by atoms with E-state index in [1.807, 2.05) is 24.3 Å². The van der Waals surface area contributed by atoms with Crippen LogP contribution in [-0.2, 0) is 34.4 Å². The fourth-order valence-corrected chi connectivity index (χ4v) is 4.25. The van der Waals surface area contributed by atoms with E-state index in [0.717, 1.165) is 24.2 Å². The summed E-state index contributed by atoms with van der Waals surface area (Å²) in [7, 11) is -4.43. The molecule has 1 aromatic rings. The Morgan fingerprint density at radius 2 is 1.57 bits per heavy atom. The second-order valence-corrected chi connectivity index (χ2v) is 10.4. The highest BCUT2D eigenvalue weighted by Crippen LogP contribution is 2.43. The molecule has 0 bridgehead atoms. The molecule has 0 heterocycles. The van der Waals surface area contributed by atoms with E-state index < -0.39 is 32.4 Å². The molecule has 1 aromatic carbocycles. The van der Waals surface area contributed by atoms with Crippen LogP contribution in [0, 0.1) is 0 Å². The number of ether oxygens (including phenoxy) is 2. The number of phosphoric acid groups is 1. The molecule has 0 saturated carbocycles. The Morgan fingerprint density at radius 1 is 0.919 bits per heavy atom. The van der Waals surface area contributed by atoms with Gasteiger partial charge in [-0.1, -0.05) is 76.5 Å². The molecule has 0 aliphatic heterocycles. The number of para-hydroxylation sites is 1. The monoisotopic (exact) mass is 545 g/mol. The predicted molar refractivity (Wildman–Crippen MR) is 140 cm³/mol. The molecule has 0 aromatic heterocycles. The van der Waals surface area contributed by atoms with E-state index in [4.69, 9.17) is 24.8 Å². The number of hydrogen-bond donors (Lipinski definition) is 3. The summed E-state index contributed by atoms with van der Waals surface area (Å²) in [6.07, 6.45) is 12.1. The molecule has 0 amide bonds. The van der Waals surface area contributed by atoms with E-state index in [0.29, 0.717) is 13.0 Å². The summed E-state index contributed by atoms with van der Waals surface area (Å²) in [4.78, 5) is 32.1. The third kappa shape index (κ3) is 17.2. The largest absolute Gasteiger partial charge is 0.493 e. The first-order valence-corrected chi connectivity index (χ1v) is 14.7. The number of esters is 1. The number of aryl methyl sites for hydroxylation is 1. The second-order valence-electron chi connectivity index (χ2n) is 8.90. The lowest BCUT2D eigenvalue weighted by atomic mass is 10.1. The third-order valence-corrected chi connectivity index (χ3v) is 6.60. The number of carboxylic acid groups (broad SMARTS) is 1. The number of nitrogens with two attached hydrogens (primary N) is 1. The lowest BCUT2D eigenvalue weighted by Gasteiger charge is -2.14. The lowest BCUT2D eigenvalue weighted by molar-refractivity contribution is -0.143. The van der Waals surface area contributed by atoms with E-state index in [-0.39, 0.29) is 26.1 Å². The van der Waals surface area contributed by atoms with Gasteiger partial charge in [-0.05, 0) is 24.5 Å². The van der Waals surface area contributed by atoms with E-state index in [9.17, 15) is 19.0 Å². The summed E-state index contributed by atoms with van der Waals surface area (Å²) in [6, 6.07) is 6.22. The molecule has 0 fully saturated rings. The van der Waals surface area contributed by atoms with Gasteiger partial charge >= 0.3 is 19.8 Å². The highest BCUT2D eigenvalue weighted by atomic mass is 31.2. The minimum Gasteiger partial charge on any atom is -0.493 e. The normalized spacial score (nSPS) is 13.6. The van der Waals surface area contributed by atoms with E-state index in [2.05, 4.69) is 11.4 Å². The Bertz CT molecular complexity index is 821. The lowest BCUT2D eigenvalue weighted by Crippen LogP contribution is -2.34. The number of phosphoric ester groups is 1. The number of rotatable bonds is 23. The van der Waals surface area contributed by atoms with Gasteiger partial charge in [0.15, 0.2) is 0 Å². The minimum absolute atomic E-state index is 0.00419. The minimum atomic E-state index is -4.43. The summed E-state index contributed by atoms with van der Waals surface area (Å²) < 4.78 is 32.0. The first kappa shape index (κ1) is 33.1. The van der Waals surface area contributed by atoms with Gasteiger partial charge in [0.1, 0.15) is 11.8 Å². The van der Waals surface area contributed by atoms with Crippen molar-refractivity contribution in [2.75, 3.05) is 26.4 Å². The van der Waals surface area contributed by atoms with Gasteiger partial charge in [-0.15, -0.1) is 0 Å². The van der Waals surface area contributed by atoms with Crippen LogP contribution in [0.5, 0.6) is 5.75 Å². The zero-order chi connectivity index (χ0) is 27.4. The van der Waals surface area contributed by atoms with Gasteiger partial charge in [0.2, 0.25) is 0 Å². The molecular weight excluding hydrogens is 501 g/mol. The molecule has 4 N–H and O–H groups in total. The van der Waals surface area contributed by atoms with E-state index in [1.165, 1.54) is 44.9 Å². The second kappa shape index (κ2) is 20.1. The Balaban J connectivity index is 2.18. The summed E-state index contributed by atoms with van der Waals surface area (Å²) in [5.41, 5.74) is 6.14. The molecule has 0 saturated heterocycles. The van der Waals surface area contributed by atoms with Gasteiger partial charge in [0.25, 0.3) is 0 Å². The van der Waals surface area contributed by atoms with Crippen molar-refractivity contribution in [3.8, 4) is 5.75 Å². The zero-order valence-corrected chi connectivity index (χ0v) is 22.9. The highest BCUT2D eigenvalue weighted by Gasteiger charge is 2.24. The quantitative estimate of drug-likeness (QED) is 0.0971. The van der Waals surface area contributed by atoms with Gasteiger partial charge in [0.05, 0.1) is 26.4 Å².